The molecule has 2 N–H and O–H groups in total. The van der Waals surface area contributed by atoms with Crippen molar-refractivity contribution in [2.24, 2.45) is 0 Å². The van der Waals surface area contributed by atoms with E-state index in [9.17, 15) is 4.79 Å². The van der Waals surface area contributed by atoms with Crippen molar-refractivity contribution in [3.8, 4) is 0 Å². The van der Waals surface area contributed by atoms with Gasteiger partial charge in [0.1, 0.15) is 6.61 Å². The maximum Gasteiger partial charge on any atom is 0.340 e. The summed E-state index contributed by atoms with van der Waals surface area (Å²) >= 11 is 5.78. The number of carbonyl (C=O) groups is 1. The average Bonchev–Trinajstić information content (AvgIpc) is 2.37. The lowest BCUT2D eigenvalue weighted by Crippen LogP contribution is -2.08. The van der Waals surface area contributed by atoms with Crippen LogP contribution in [0.15, 0.2) is 42.5 Å². The molecule has 4 heteroatoms. The third-order valence-corrected chi connectivity index (χ3v) is 3.09. The van der Waals surface area contributed by atoms with Crippen molar-refractivity contribution in [3.63, 3.8) is 0 Å². The minimum atomic E-state index is -0.447. The molecule has 0 amide bonds. The van der Waals surface area contributed by atoms with Crippen LogP contribution in [0.25, 0.3) is 0 Å². The Morgan fingerprint density at radius 1 is 1.26 bits per heavy atom. The zero-order valence-corrected chi connectivity index (χ0v) is 11.3. The minimum Gasteiger partial charge on any atom is -0.457 e. The lowest BCUT2D eigenvalue weighted by Gasteiger charge is -2.09. The molecule has 2 aromatic carbocycles. The van der Waals surface area contributed by atoms with Gasteiger partial charge in [0.25, 0.3) is 0 Å². The number of esters is 1. The third-order valence-electron chi connectivity index (χ3n) is 2.85. The van der Waals surface area contributed by atoms with Crippen LogP contribution in [0, 0.1) is 6.92 Å². The maximum atomic E-state index is 11.9. The number of rotatable bonds is 3. The molecule has 0 unspecified atom stereocenters. The summed E-state index contributed by atoms with van der Waals surface area (Å²) in [6.07, 6.45) is 0. The Labute approximate surface area is 117 Å². The van der Waals surface area contributed by atoms with Crippen LogP contribution in [0.5, 0.6) is 0 Å². The SMILES string of the molecule is Cc1ccccc1COC(=O)c1ccc(Cl)cc1N. The molecule has 0 aromatic heterocycles. The van der Waals surface area contributed by atoms with Crippen molar-refractivity contribution in [2.45, 2.75) is 13.5 Å². The van der Waals surface area contributed by atoms with Crippen LogP contribution in [0.3, 0.4) is 0 Å². The molecule has 2 rings (SSSR count). The Kier molecular flexibility index (Phi) is 4.07. The lowest BCUT2D eigenvalue weighted by atomic mass is 10.1. The molecule has 0 aliphatic rings. The molecule has 0 saturated heterocycles. The molecule has 0 aliphatic carbocycles. The number of aryl methyl sites for hydroxylation is 1. The quantitative estimate of drug-likeness (QED) is 0.688. The first-order chi connectivity index (χ1) is 9.08. The predicted octanol–water partition coefficient (Wildman–Crippen LogP) is 3.59. The number of anilines is 1. The fourth-order valence-corrected chi connectivity index (χ4v) is 1.89. The first-order valence-corrected chi connectivity index (χ1v) is 6.22. The molecule has 19 heavy (non-hydrogen) atoms. The van der Waals surface area contributed by atoms with Crippen LogP contribution in [0.2, 0.25) is 5.02 Å². The third kappa shape index (κ3) is 3.26. The van der Waals surface area contributed by atoms with Gasteiger partial charge < -0.3 is 10.5 Å². The molecule has 0 aliphatic heterocycles. The number of benzene rings is 2. The summed E-state index contributed by atoms with van der Waals surface area (Å²) in [4.78, 5) is 11.9. The van der Waals surface area contributed by atoms with E-state index in [0.29, 0.717) is 16.3 Å². The van der Waals surface area contributed by atoms with Gasteiger partial charge in [0.05, 0.1) is 5.56 Å². The summed E-state index contributed by atoms with van der Waals surface area (Å²) in [5.74, 6) is -0.447. The summed E-state index contributed by atoms with van der Waals surface area (Å²) in [7, 11) is 0. The lowest BCUT2D eigenvalue weighted by molar-refractivity contribution is 0.0473. The summed E-state index contributed by atoms with van der Waals surface area (Å²) in [6.45, 7) is 2.20. The molecule has 0 bridgehead atoms. The molecule has 0 fully saturated rings. The fraction of sp³-hybridized carbons (Fsp3) is 0.133. The Balaban J connectivity index is 2.08. The van der Waals surface area contributed by atoms with Crippen molar-refractivity contribution in [1.29, 1.82) is 0 Å². The average molecular weight is 276 g/mol. The van der Waals surface area contributed by atoms with Crippen molar-refractivity contribution in [1.82, 2.24) is 0 Å². The summed E-state index contributed by atoms with van der Waals surface area (Å²) in [5.41, 5.74) is 8.45. The van der Waals surface area contributed by atoms with Crippen LogP contribution < -0.4 is 5.73 Å². The Hall–Kier alpha value is -2.00. The van der Waals surface area contributed by atoms with Gasteiger partial charge in [0.15, 0.2) is 0 Å². The topological polar surface area (TPSA) is 52.3 Å². The van der Waals surface area contributed by atoms with Crippen molar-refractivity contribution in [2.75, 3.05) is 5.73 Å². The molecule has 0 spiro atoms. The molecule has 0 atom stereocenters. The van der Waals surface area contributed by atoms with E-state index in [1.54, 1.807) is 12.1 Å². The second-order valence-electron chi connectivity index (χ2n) is 4.23. The molecule has 98 valence electrons. The van der Waals surface area contributed by atoms with Crippen LogP contribution in [-0.4, -0.2) is 5.97 Å². The molecule has 2 aromatic rings. The monoisotopic (exact) mass is 275 g/mol. The number of nitrogens with two attached hydrogens (primary N) is 1. The van der Waals surface area contributed by atoms with Gasteiger partial charge in [0.2, 0.25) is 0 Å². The molecule has 0 radical (unpaired) electrons. The normalized spacial score (nSPS) is 10.2. The summed E-state index contributed by atoms with van der Waals surface area (Å²) in [5, 5.41) is 0.493. The standard InChI is InChI=1S/C15H14ClNO2/c1-10-4-2-3-5-11(10)9-19-15(18)13-7-6-12(16)8-14(13)17/h2-8H,9,17H2,1H3. The number of halogens is 1. The number of hydrogen-bond acceptors (Lipinski definition) is 3. The van der Waals surface area contributed by atoms with E-state index >= 15 is 0 Å². The van der Waals surface area contributed by atoms with Crippen LogP contribution in [0.4, 0.5) is 5.69 Å². The van der Waals surface area contributed by atoms with Gasteiger partial charge in [-0.05, 0) is 36.2 Å². The van der Waals surface area contributed by atoms with Crippen LogP contribution in [0.1, 0.15) is 21.5 Å². The highest BCUT2D eigenvalue weighted by Crippen LogP contribution is 2.19. The Morgan fingerprint density at radius 2 is 2.00 bits per heavy atom. The highest BCUT2D eigenvalue weighted by Gasteiger charge is 2.12. The molecule has 3 nitrogen and oxygen atoms in total. The second kappa shape index (κ2) is 5.76. The van der Waals surface area contributed by atoms with Crippen molar-refractivity contribution in [3.05, 3.63) is 64.2 Å². The van der Waals surface area contributed by atoms with Gasteiger partial charge in [-0.1, -0.05) is 35.9 Å². The molecular formula is C15H14ClNO2. The van der Waals surface area contributed by atoms with Crippen LogP contribution in [-0.2, 0) is 11.3 Å². The molecule has 0 heterocycles. The van der Waals surface area contributed by atoms with Gasteiger partial charge in [0, 0.05) is 10.7 Å². The van der Waals surface area contributed by atoms with E-state index in [0.717, 1.165) is 11.1 Å². The minimum absolute atomic E-state index is 0.230. The zero-order chi connectivity index (χ0) is 13.8. The highest BCUT2D eigenvalue weighted by atomic mass is 35.5. The summed E-state index contributed by atoms with van der Waals surface area (Å²) in [6, 6.07) is 12.5. The number of ether oxygens (including phenoxy) is 1. The van der Waals surface area contributed by atoms with Crippen LogP contribution >= 0.6 is 11.6 Å². The number of carbonyl (C=O) groups excluding carboxylic acids is 1. The second-order valence-corrected chi connectivity index (χ2v) is 4.67. The Bertz CT molecular complexity index is 611. The fourth-order valence-electron chi connectivity index (χ4n) is 1.71. The van der Waals surface area contributed by atoms with E-state index < -0.39 is 5.97 Å². The zero-order valence-electron chi connectivity index (χ0n) is 10.5. The summed E-state index contributed by atoms with van der Waals surface area (Å²) < 4.78 is 5.25. The van der Waals surface area contributed by atoms with E-state index in [1.807, 2.05) is 31.2 Å². The van der Waals surface area contributed by atoms with Gasteiger partial charge >= 0.3 is 5.97 Å². The Morgan fingerprint density at radius 3 is 2.68 bits per heavy atom. The van der Waals surface area contributed by atoms with Crippen molar-refractivity contribution < 1.29 is 9.53 Å². The number of nitrogen functional groups attached to an aromatic ring is 1. The van der Waals surface area contributed by atoms with E-state index in [2.05, 4.69) is 0 Å². The van der Waals surface area contributed by atoms with E-state index in [-0.39, 0.29) is 6.61 Å². The van der Waals surface area contributed by atoms with Gasteiger partial charge in [-0.2, -0.15) is 0 Å². The predicted molar refractivity (Wildman–Crippen MR) is 76.2 cm³/mol. The molecule has 0 saturated carbocycles. The van der Waals surface area contributed by atoms with Gasteiger partial charge in [-0.25, -0.2) is 4.79 Å². The first kappa shape index (κ1) is 13.4. The first-order valence-electron chi connectivity index (χ1n) is 5.84. The van der Waals surface area contributed by atoms with Crippen molar-refractivity contribution >= 4 is 23.3 Å². The number of hydrogen-bond donors (Lipinski definition) is 1. The maximum absolute atomic E-state index is 11.9. The molecular weight excluding hydrogens is 262 g/mol. The van der Waals surface area contributed by atoms with E-state index in [4.69, 9.17) is 22.1 Å². The highest BCUT2D eigenvalue weighted by molar-refractivity contribution is 6.31. The smallest absolute Gasteiger partial charge is 0.340 e. The van der Waals surface area contributed by atoms with Gasteiger partial charge in [-0.3, -0.25) is 0 Å². The van der Waals surface area contributed by atoms with Gasteiger partial charge in [-0.15, -0.1) is 0 Å². The van der Waals surface area contributed by atoms with E-state index in [1.165, 1.54) is 6.07 Å². The largest absolute Gasteiger partial charge is 0.457 e.